The van der Waals surface area contributed by atoms with Crippen LogP contribution in [0.5, 0.6) is 0 Å². The SMILES string of the molecule is CC(C)NC(=O)c1ccc(C(=O)NCC2(O)CCC2)cc1. The Balaban J connectivity index is 1.91. The quantitative estimate of drug-likeness (QED) is 0.768. The maximum Gasteiger partial charge on any atom is 0.251 e. The van der Waals surface area contributed by atoms with E-state index in [2.05, 4.69) is 10.6 Å². The average molecular weight is 290 g/mol. The van der Waals surface area contributed by atoms with E-state index in [4.69, 9.17) is 0 Å². The lowest BCUT2D eigenvalue weighted by molar-refractivity contribution is -0.0300. The highest BCUT2D eigenvalue weighted by Crippen LogP contribution is 2.30. The van der Waals surface area contributed by atoms with Gasteiger partial charge in [-0.2, -0.15) is 0 Å². The van der Waals surface area contributed by atoms with Crippen LogP contribution in [-0.2, 0) is 0 Å². The van der Waals surface area contributed by atoms with Gasteiger partial charge in [-0.25, -0.2) is 0 Å². The number of carbonyl (C=O) groups excluding carboxylic acids is 2. The predicted molar refractivity (Wildman–Crippen MR) is 80.2 cm³/mol. The normalized spacial score (nSPS) is 16.2. The topological polar surface area (TPSA) is 78.4 Å². The second kappa shape index (κ2) is 6.26. The van der Waals surface area contributed by atoms with E-state index in [-0.39, 0.29) is 24.4 Å². The first-order chi connectivity index (χ1) is 9.89. The second-order valence-corrected chi connectivity index (χ2v) is 5.97. The molecule has 1 saturated carbocycles. The highest BCUT2D eigenvalue weighted by Gasteiger charge is 2.34. The summed E-state index contributed by atoms with van der Waals surface area (Å²) in [6, 6.07) is 6.57. The minimum Gasteiger partial charge on any atom is -0.388 e. The van der Waals surface area contributed by atoms with Crippen molar-refractivity contribution in [3.63, 3.8) is 0 Å². The number of nitrogens with one attached hydrogen (secondary N) is 2. The summed E-state index contributed by atoms with van der Waals surface area (Å²) in [6.45, 7) is 4.07. The monoisotopic (exact) mass is 290 g/mol. The van der Waals surface area contributed by atoms with Crippen molar-refractivity contribution < 1.29 is 14.7 Å². The van der Waals surface area contributed by atoms with Gasteiger partial charge in [-0.3, -0.25) is 9.59 Å². The molecule has 0 unspecified atom stereocenters. The lowest BCUT2D eigenvalue weighted by Crippen LogP contribution is -2.47. The van der Waals surface area contributed by atoms with Crippen LogP contribution >= 0.6 is 0 Å². The van der Waals surface area contributed by atoms with Crippen molar-refractivity contribution in [2.24, 2.45) is 0 Å². The molecule has 2 amide bonds. The molecule has 0 aliphatic heterocycles. The number of carbonyl (C=O) groups is 2. The van der Waals surface area contributed by atoms with E-state index in [1.165, 1.54) is 0 Å². The van der Waals surface area contributed by atoms with Gasteiger partial charge in [-0.15, -0.1) is 0 Å². The Kier molecular flexibility index (Phi) is 4.63. The Morgan fingerprint density at radius 2 is 1.67 bits per heavy atom. The molecule has 0 radical (unpaired) electrons. The summed E-state index contributed by atoms with van der Waals surface area (Å²) in [4.78, 5) is 23.8. The van der Waals surface area contributed by atoms with Gasteiger partial charge in [0.05, 0.1) is 5.60 Å². The molecule has 0 atom stereocenters. The zero-order valence-corrected chi connectivity index (χ0v) is 12.5. The second-order valence-electron chi connectivity index (χ2n) is 5.97. The zero-order valence-electron chi connectivity index (χ0n) is 12.5. The minimum atomic E-state index is -0.729. The van der Waals surface area contributed by atoms with Crippen LogP contribution in [-0.4, -0.2) is 35.1 Å². The van der Waals surface area contributed by atoms with Crippen LogP contribution in [0.1, 0.15) is 53.8 Å². The summed E-state index contributed by atoms with van der Waals surface area (Å²) in [5.41, 5.74) is 0.282. The third-order valence-electron chi connectivity index (χ3n) is 3.69. The first-order valence-electron chi connectivity index (χ1n) is 7.31. The molecule has 0 bridgehead atoms. The minimum absolute atomic E-state index is 0.0729. The van der Waals surface area contributed by atoms with Gasteiger partial charge >= 0.3 is 0 Å². The summed E-state index contributed by atoms with van der Waals surface area (Å²) in [5, 5.41) is 15.5. The molecule has 5 nitrogen and oxygen atoms in total. The maximum atomic E-state index is 12.0. The van der Waals surface area contributed by atoms with Gasteiger partial charge in [-0.1, -0.05) is 0 Å². The van der Waals surface area contributed by atoms with Crippen molar-refractivity contribution in [1.29, 1.82) is 0 Å². The first kappa shape index (κ1) is 15.5. The zero-order chi connectivity index (χ0) is 15.5. The van der Waals surface area contributed by atoms with Crippen LogP contribution < -0.4 is 10.6 Å². The van der Waals surface area contributed by atoms with Crippen molar-refractivity contribution in [1.82, 2.24) is 10.6 Å². The predicted octanol–water partition coefficient (Wildman–Crippen LogP) is 1.47. The Labute approximate surface area is 124 Å². The van der Waals surface area contributed by atoms with Gasteiger partial charge in [-0.05, 0) is 57.4 Å². The summed E-state index contributed by atoms with van der Waals surface area (Å²) in [5.74, 6) is -0.383. The molecule has 114 valence electrons. The average Bonchev–Trinajstić information content (AvgIpc) is 2.42. The highest BCUT2D eigenvalue weighted by atomic mass is 16.3. The molecular formula is C16H22N2O3. The van der Waals surface area contributed by atoms with E-state index in [1.54, 1.807) is 24.3 Å². The molecule has 21 heavy (non-hydrogen) atoms. The fourth-order valence-electron chi connectivity index (χ4n) is 2.23. The van der Waals surface area contributed by atoms with Crippen LogP contribution in [0, 0.1) is 0 Å². The number of benzene rings is 1. The molecule has 1 aromatic rings. The Morgan fingerprint density at radius 1 is 1.14 bits per heavy atom. The van der Waals surface area contributed by atoms with Gasteiger partial charge in [0.1, 0.15) is 0 Å². The molecule has 1 aliphatic rings. The third-order valence-corrected chi connectivity index (χ3v) is 3.69. The molecule has 3 N–H and O–H groups in total. The molecule has 2 rings (SSSR count). The van der Waals surface area contributed by atoms with Gasteiger partial charge in [0.15, 0.2) is 0 Å². The molecule has 5 heteroatoms. The molecule has 1 aliphatic carbocycles. The van der Waals surface area contributed by atoms with E-state index in [0.717, 1.165) is 19.3 Å². The molecule has 0 saturated heterocycles. The largest absolute Gasteiger partial charge is 0.388 e. The van der Waals surface area contributed by atoms with Crippen LogP contribution in [0.3, 0.4) is 0 Å². The first-order valence-corrected chi connectivity index (χ1v) is 7.31. The van der Waals surface area contributed by atoms with E-state index in [9.17, 15) is 14.7 Å². The molecule has 0 aromatic heterocycles. The molecule has 0 heterocycles. The molecule has 1 aromatic carbocycles. The fraction of sp³-hybridized carbons (Fsp3) is 0.500. The molecule has 0 spiro atoms. The van der Waals surface area contributed by atoms with E-state index in [1.807, 2.05) is 13.8 Å². The van der Waals surface area contributed by atoms with Crippen molar-refractivity contribution in [3.05, 3.63) is 35.4 Å². The molecular weight excluding hydrogens is 268 g/mol. The number of aliphatic hydroxyl groups is 1. The number of hydrogen-bond acceptors (Lipinski definition) is 3. The summed E-state index contributed by atoms with van der Waals surface area (Å²) < 4.78 is 0. The lowest BCUT2D eigenvalue weighted by Gasteiger charge is -2.36. The van der Waals surface area contributed by atoms with E-state index in [0.29, 0.717) is 11.1 Å². The van der Waals surface area contributed by atoms with Crippen LogP contribution in [0.4, 0.5) is 0 Å². The van der Waals surface area contributed by atoms with Gasteiger partial charge < -0.3 is 15.7 Å². The summed E-state index contributed by atoms with van der Waals surface area (Å²) in [6.07, 6.45) is 2.48. The van der Waals surface area contributed by atoms with Crippen LogP contribution in [0.25, 0.3) is 0 Å². The smallest absolute Gasteiger partial charge is 0.251 e. The molecule has 1 fully saturated rings. The van der Waals surface area contributed by atoms with Crippen molar-refractivity contribution in [2.45, 2.75) is 44.8 Å². The van der Waals surface area contributed by atoms with Crippen LogP contribution in [0.15, 0.2) is 24.3 Å². The third kappa shape index (κ3) is 4.04. The maximum absolute atomic E-state index is 12.0. The van der Waals surface area contributed by atoms with Crippen molar-refractivity contribution in [2.75, 3.05) is 6.54 Å². The summed E-state index contributed by atoms with van der Waals surface area (Å²) in [7, 11) is 0. The Morgan fingerprint density at radius 3 is 2.10 bits per heavy atom. The number of hydrogen-bond donors (Lipinski definition) is 3. The highest BCUT2D eigenvalue weighted by molar-refractivity contribution is 5.97. The van der Waals surface area contributed by atoms with Gasteiger partial charge in [0.25, 0.3) is 11.8 Å². The van der Waals surface area contributed by atoms with Gasteiger partial charge in [0, 0.05) is 23.7 Å². The van der Waals surface area contributed by atoms with E-state index >= 15 is 0 Å². The standard InChI is InChI=1S/C16H22N2O3/c1-11(2)18-15(20)13-6-4-12(5-7-13)14(19)17-10-16(21)8-3-9-16/h4-7,11,21H,3,8-10H2,1-2H3,(H,17,19)(H,18,20). The van der Waals surface area contributed by atoms with Crippen molar-refractivity contribution in [3.8, 4) is 0 Å². The Bertz CT molecular complexity index is 519. The van der Waals surface area contributed by atoms with Crippen LogP contribution in [0.2, 0.25) is 0 Å². The lowest BCUT2D eigenvalue weighted by atomic mass is 9.80. The number of rotatable bonds is 5. The Hall–Kier alpha value is -1.88. The van der Waals surface area contributed by atoms with Gasteiger partial charge in [0.2, 0.25) is 0 Å². The fourth-order valence-corrected chi connectivity index (χ4v) is 2.23. The summed E-state index contributed by atoms with van der Waals surface area (Å²) >= 11 is 0. The van der Waals surface area contributed by atoms with Crippen molar-refractivity contribution >= 4 is 11.8 Å². The van der Waals surface area contributed by atoms with E-state index < -0.39 is 5.60 Å². The number of amides is 2.